The monoisotopic (exact) mass is 499 g/mol. The van der Waals surface area contributed by atoms with E-state index in [4.69, 9.17) is 5.84 Å². The van der Waals surface area contributed by atoms with E-state index in [-0.39, 0.29) is 19.4 Å². The van der Waals surface area contributed by atoms with Gasteiger partial charge in [-0.15, -0.1) is 0 Å². The van der Waals surface area contributed by atoms with Gasteiger partial charge in [0.1, 0.15) is 5.82 Å². The highest BCUT2D eigenvalue weighted by Crippen LogP contribution is 2.32. The number of halogens is 5. The highest BCUT2D eigenvalue weighted by Gasteiger charge is 2.36. The van der Waals surface area contributed by atoms with Crippen molar-refractivity contribution < 1.29 is 26.0 Å². The Balaban J connectivity index is 2.89. The predicted octanol–water partition coefficient (Wildman–Crippen LogP) is 1.27. The Morgan fingerprint density at radius 2 is 1.86 bits per heavy atom. The maximum atomic E-state index is 14.4. The van der Waals surface area contributed by atoms with Gasteiger partial charge in [0.2, 0.25) is 10.0 Å². The molecule has 2 rings (SSSR count). The van der Waals surface area contributed by atoms with Gasteiger partial charge in [-0.1, -0.05) is 0 Å². The maximum Gasteiger partial charge on any atom is 0.433 e. The summed E-state index contributed by atoms with van der Waals surface area (Å²) in [7, 11) is -4.18. The molecule has 0 radical (unpaired) electrons. The fourth-order valence-electron chi connectivity index (χ4n) is 2.24. The molecule has 0 atom stereocenters. The summed E-state index contributed by atoms with van der Waals surface area (Å²) >= 11 is 2.86. The van der Waals surface area contributed by atoms with E-state index in [1.807, 2.05) is 0 Å². The predicted molar refractivity (Wildman–Crippen MR) is 96.7 cm³/mol. The number of sulfonamides is 1. The second-order valence-corrected chi connectivity index (χ2v) is 8.33. The third-order valence-electron chi connectivity index (χ3n) is 3.64. The number of aromatic nitrogens is 2. The van der Waals surface area contributed by atoms with E-state index < -0.39 is 60.8 Å². The zero-order valence-corrected chi connectivity index (χ0v) is 16.6. The van der Waals surface area contributed by atoms with Crippen LogP contribution in [0.4, 0.5) is 23.2 Å². The molecule has 2 N–H and O–H groups in total. The number of nitrogen functional groups attached to an aromatic ring is 1. The zero-order chi connectivity index (χ0) is 22.3. The van der Waals surface area contributed by atoms with Gasteiger partial charge in [-0.05, 0) is 35.0 Å². The van der Waals surface area contributed by atoms with Crippen LogP contribution in [0.3, 0.4) is 0 Å². The number of nitriles is 1. The molecule has 0 amide bonds. The molecule has 0 spiro atoms. The number of hydrogen-bond acceptors (Lipinski definition) is 6. The molecule has 0 saturated heterocycles. The average molecular weight is 500 g/mol. The Morgan fingerprint density at radius 1 is 1.28 bits per heavy atom. The molecule has 1 heterocycles. The molecule has 0 fully saturated rings. The molecule has 1 aromatic heterocycles. The lowest BCUT2D eigenvalue weighted by atomic mass is 10.2. The molecule has 0 aliphatic rings. The van der Waals surface area contributed by atoms with Gasteiger partial charge in [0, 0.05) is 10.5 Å². The number of rotatable bonds is 4. The lowest BCUT2D eigenvalue weighted by Gasteiger charge is -2.19. The molecule has 1 aromatic carbocycles. The molecule has 9 nitrogen and oxygen atoms in total. The van der Waals surface area contributed by atoms with E-state index in [2.05, 4.69) is 15.9 Å². The molecule has 156 valence electrons. The van der Waals surface area contributed by atoms with Crippen molar-refractivity contribution >= 4 is 31.6 Å². The molecule has 2 aromatic rings. The summed E-state index contributed by atoms with van der Waals surface area (Å²) < 4.78 is 76.8. The molecular formula is C14H10BrF4N5O4S. The summed E-state index contributed by atoms with van der Waals surface area (Å²) in [6, 6.07) is 1.27. The van der Waals surface area contributed by atoms with Gasteiger partial charge in [-0.2, -0.15) is 22.7 Å². The van der Waals surface area contributed by atoms with Crippen molar-refractivity contribution in [2.75, 3.05) is 15.9 Å². The zero-order valence-electron chi connectivity index (χ0n) is 14.2. The Kier molecular flexibility index (Phi) is 5.82. The van der Waals surface area contributed by atoms with Crippen LogP contribution in [0, 0.1) is 17.3 Å². The largest absolute Gasteiger partial charge is 0.433 e. The van der Waals surface area contributed by atoms with E-state index in [1.54, 1.807) is 0 Å². The first-order chi connectivity index (χ1) is 13.3. The number of nitrogens with two attached hydrogens (primary N) is 1. The van der Waals surface area contributed by atoms with Crippen molar-refractivity contribution in [2.24, 2.45) is 0 Å². The van der Waals surface area contributed by atoms with Gasteiger partial charge in [0.25, 0.3) is 5.56 Å². The quantitative estimate of drug-likeness (QED) is 0.291. The van der Waals surface area contributed by atoms with Crippen LogP contribution < -0.4 is 21.4 Å². The van der Waals surface area contributed by atoms with Crippen molar-refractivity contribution in [3.05, 3.63) is 55.0 Å². The number of nitrogens with zero attached hydrogens (tertiary/aromatic N) is 4. The second kappa shape index (κ2) is 7.52. The Hall–Kier alpha value is -2.86. The van der Waals surface area contributed by atoms with Crippen molar-refractivity contribution in [3.8, 4) is 11.9 Å². The molecule has 0 aliphatic heterocycles. The smallest absolute Gasteiger partial charge is 0.335 e. The SMILES string of the molecule is CCS(=O)(=O)N(C#N)c1cc(-n2c(=O)cc(C(F)(F)F)n(N)c2=O)c(F)cc1Br. The van der Waals surface area contributed by atoms with Crippen molar-refractivity contribution in [3.63, 3.8) is 0 Å². The normalized spacial score (nSPS) is 11.9. The Morgan fingerprint density at radius 3 is 2.34 bits per heavy atom. The van der Waals surface area contributed by atoms with Crippen molar-refractivity contribution in [1.82, 2.24) is 9.24 Å². The van der Waals surface area contributed by atoms with Crippen LogP contribution in [0.25, 0.3) is 5.69 Å². The van der Waals surface area contributed by atoms with Gasteiger partial charge in [-0.25, -0.2) is 26.8 Å². The van der Waals surface area contributed by atoms with E-state index in [9.17, 15) is 40.8 Å². The van der Waals surface area contributed by atoms with Crippen molar-refractivity contribution in [1.29, 1.82) is 5.26 Å². The van der Waals surface area contributed by atoms with E-state index in [0.29, 0.717) is 12.1 Å². The topological polar surface area (TPSA) is 131 Å². The lowest BCUT2D eigenvalue weighted by Crippen LogP contribution is -2.45. The van der Waals surface area contributed by atoms with Crippen LogP contribution in [0.15, 0.2) is 32.3 Å². The average Bonchev–Trinajstić information content (AvgIpc) is 2.60. The number of benzene rings is 1. The number of alkyl halides is 3. The van der Waals surface area contributed by atoms with Crippen LogP contribution in [0.5, 0.6) is 0 Å². The van der Waals surface area contributed by atoms with E-state index in [1.165, 1.54) is 13.1 Å². The summed E-state index contributed by atoms with van der Waals surface area (Å²) in [5, 5.41) is 9.18. The standard InChI is InChI=1S/C14H10BrF4N5O4S/c1-2-29(27,28)22(6-20)9-4-10(8(16)3-7(9)15)23-12(25)5-11(14(17,18)19)24(21)13(23)26/h3-5H,2,21H2,1H3. The third kappa shape index (κ3) is 3.98. The molecule has 0 unspecified atom stereocenters. The highest BCUT2D eigenvalue weighted by atomic mass is 79.9. The van der Waals surface area contributed by atoms with Gasteiger partial charge >= 0.3 is 11.9 Å². The lowest BCUT2D eigenvalue weighted by molar-refractivity contribution is -0.143. The van der Waals surface area contributed by atoms with Gasteiger partial charge < -0.3 is 5.84 Å². The third-order valence-corrected chi connectivity index (χ3v) is 5.84. The molecule has 29 heavy (non-hydrogen) atoms. The minimum Gasteiger partial charge on any atom is -0.335 e. The molecule has 0 bridgehead atoms. The maximum absolute atomic E-state index is 14.4. The summed E-state index contributed by atoms with van der Waals surface area (Å²) in [4.78, 5) is 24.3. The summed E-state index contributed by atoms with van der Waals surface area (Å²) in [6.07, 6.45) is -3.77. The Bertz CT molecular complexity index is 1250. The summed E-state index contributed by atoms with van der Waals surface area (Å²) in [6.45, 7) is 1.23. The van der Waals surface area contributed by atoms with Crippen LogP contribution in [0.2, 0.25) is 0 Å². The van der Waals surface area contributed by atoms with Crippen LogP contribution in [-0.2, 0) is 16.2 Å². The first-order valence-electron chi connectivity index (χ1n) is 7.39. The Labute approximate surface area is 168 Å². The van der Waals surface area contributed by atoms with Gasteiger partial charge in [0.15, 0.2) is 11.9 Å². The fourth-order valence-corrected chi connectivity index (χ4v) is 3.69. The molecule has 15 heteroatoms. The fraction of sp³-hybridized carbons (Fsp3) is 0.214. The molecule has 0 saturated carbocycles. The molecular weight excluding hydrogens is 490 g/mol. The first kappa shape index (κ1) is 22.4. The summed E-state index contributed by atoms with van der Waals surface area (Å²) in [5.74, 6) is 3.31. The van der Waals surface area contributed by atoms with Crippen molar-refractivity contribution in [2.45, 2.75) is 13.1 Å². The van der Waals surface area contributed by atoms with E-state index in [0.717, 1.165) is 0 Å². The number of hydrogen-bond donors (Lipinski definition) is 1. The van der Waals surface area contributed by atoms with Crippen LogP contribution in [0.1, 0.15) is 12.6 Å². The highest BCUT2D eigenvalue weighted by molar-refractivity contribution is 9.10. The molecule has 0 aliphatic carbocycles. The van der Waals surface area contributed by atoms with Crippen LogP contribution in [-0.4, -0.2) is 23.4 Å². The summed E-state index contributed by atoms with van der Waals surface area (Å²) in [5.41, 5.74) is -6.45. The minimum atomic E-state index is -5.14. The second-order valence-electron chi connectivity index (χ2n) is 5.37. The van der Waals surface area contributed by atoms with Gasteiger partial charge in [0.05, 0.1) is 17.1 Å². The first-order valence-corrected chi connectivity index (χ1v) is 9.80. The van der Waals surface area contributed by atoms with Gasteiger partial charge in [-0.3, -0.25) is 4.79 Å². The van der Waals surface area contributed by atoms with Crippen LogP contribution >= 0.6 is 15.9 Å². The minimum absolute atomic E-state index is 0.0192. The van der Waals surface area contributed by atoms with E-state index >= 15 is 0 Å². The number of anilines is 1.